The van der Waals surface area contributed by atoms with Crippen LogP contribution in [0.4, 0.5) is 0 Å². The Balaban J connectivity index is 1.98. The smallest absolute Gasteiger partial charge is 0.310 e. The van der Waals surface area contributed by atoms with Crippen molar-refractivity contribution in [2.45, 2.75) is 64.8 Å². The summed E-state index contributed by atoms with van der Waals surface area (Å²) in [6.07, 6.45) is 7.74. The Morgan fingerprint density at radius 2 is 2.22 bits per heavy atom. The Morgan fingerprint density at radius 3 is 2.78 bits per heavy atom. The van der Waals surface area contributed by atoms with Crippen LogP contribution in [0.25, 0.3) is 0 Å². The fourth-order valence-electron chi connectivity index (χ4n) is 3.49. The number of likely N-dealkylation sites (tertiary alicyclic amines) is 1. The van der Waals surface area contributed by atoms with Gasteiger partial charge in [-0.15, -0.1) is 0 Å². The van der Waals surface area contributed by atoms with E-state index in [1.54, 1.807) is 0 Å². The molecule has 2 atom stereocenters. The lowest BCUT2D eigenvalue weighted by molar-refractivity contribution is -0.154. The first-order valence-electron chi connectivity index (χ1n) is 7.55. The van der Waals surface area contributed by atoms with Crippen molar-refractivity contribution in [2.75, 3.05) is 13.1 Å². The molecule has 0 aromatic carbocycles. The second kappa shape index (κ2) is 5.60. The van der Waals surface area contributed by atoms with Gasteiger partial charge < -0.3 is 5.11 Å². The molecule has 1 heterocycles. The second-order valence-electron chi connectivity index (χ2n) is 6.44. The molecule has 0 amide bonds. The van der Waals surface area contributed by atoms with Crippen LogP contribution in [-0.4, -0.2) is 35.1 Å². The molecular weight excluding hydrogens is 226 g/mol. The molecule has 1 saturated carbocycles. The average molecular weight is 253 g/mol. The molecule has 0 radical (unpaired) electrons. The fourth-order valence-corrected chi connectivity index (χ4v) is 3.49. The maximum absolute atomic E-state index is 11.6. The van der Waals surface area contributed by atoms with E-state index in [2.05, 4.69) is 18.7 Å². The van der Waals surface area contributed by atoms with Gasteiger partial charge in [0.15, 0.2) is 0 Å². The van der Waals surface area contributed by atoms with Crippen LogP contribution in [0.2, 0.25) is 0 Å². The first kappa shape index (κ1) is 13.9. The van der Waals surface area contributed by atoms with E-state index in [9.17, 15) is 9.90 Å². The highest BCUT2D eigenvalue weighted by Gasteiger charge is 2.42. The predicted octanol–water partition coefficient (Wildman–Crippen LogP) is 3.14. The summed E-state index contributed by atoms with van der Waals surface area (Å²) in [6, 6.07) is 0.563. The van der Waals surface area contributed by atoms with E-state index >= 15 is 0 Å². The minimum Gasteiger partial charge on any atom is -0.481 e. The minimum atomic E-state index is -0.576. The summed E-state index contributed by atoms with van der Waals surface area (Å²) in [7, 11) is 0. The number of carboxylic acids is 1. The van der Waals surface area contributed by atoms with E-state index in [-0.39, 0.29) is 0 Å². The van der Waals surface area contributed by atoms with Gasteiger partial charge in [0, 0.05) is 12.6 Å². The summed E-state index contributed by atoms with van der Waals surface area (Å²) in [5.74, 6) is 0.347. The number of hydrogen-bond donors (Lipinski definition) is 1. The van der Waals surface area contributed by atoms with Gasteiger partial charge in [0.1, 0.15) is 0 Å². The zero-order chi connectivity index (χ0) is 13.2. The van der Waals surface area contributed by atoms with E-state index in [0.717, 1.165) is 44.7 Å². The molecule has 2 rings (SSSR count). The van der Waals surface area contributed by atoms with Gasteiger partial charge in [-0.3, -0.25) is 9.69 Å². The van der Waals surface area contributed by atoms with Crippen molar-refractivity contribution >= 4 is 5.97 Å². The van der Waals surface area contributed by atoms with Crippen molar-refractivity contribution in [1.82, 2.24) is 4.90 Å². The third-order valence-corrected chi connectivity index (χ3v) is 4.78. The van der Waals surface area contributed by atoms with Crippen LogP contribution in [0.3, 0.4) is 0 Å². The Bertz CT molecular complexity index is 297. The number of carboxylic acid groups (broad SMARTS) is 1. The Hall–Kier alpha value is -0.570. The van der Waals surface area contributed by atoms with Gasteiger partial charge in [0.25, 0.3) is 0 Å². The molecule has 1 N–H and O–H groups in total. The molecule has 0 bridgehead atoms. The van der Waals surface area contributed by atoms with E-state index in [4.69, 9.17) is 0 Å². The van der Waals surface area contributed by atoms with Gasteiger partial charge in [-0.1, -0.05) is 26.2 Å². The number of rotatable bonds is 6. The lowest BCUT2D eigenvalue weighted by Crippen LogP contribution is -2.50. The Kier molecular flexibility index (Phi) is 4.31. The average Bonchev–Trinajstić information content (AvgIpc) is 3.13. The maximum atomic E-state index is 11.6. The lowest BCUT2D eigenvalue weighted by atomic mass is 9.76. The van der Waals surface area contributed by atoms with Crippen molar-refractivity contribution in [2.24, 2.45) is 11.3 Å². The first-order chi connectivity index (χ1) is 8.57. The maximum Gasteiger partial charge on any atom is 0.310 e. The summed E-state index contributed by atoms with van der Waals surface area (Å²) < 4.78 is 0. The second-order valence-corrected chi connectivity index (χ2v) is 6.44. The van der Waals surface area contributed by atoms with Crippen molar-refractivity contribution in [3.8, 4) is 0 Å². The monoisotopic (exact) mass is 253 g/mol. The molecule has 3 nitrogen and oxygen atoms in total. The molecule has 0 aromatic rings. The van der Waals surface area contributed by atoms with Crippen LogP contribution in [0.15, 0.2) is 0 Å². The van der Waals surface area contributed by atoms with Crippen LogP contribution >= 0.6 is 0 Å². The molecule has 18 heavy (non-hydrogen) atoms. The normalized spacial score (nSPS) is 31.2. The quantitative estimate of drug-likeness (QED) is 0.790. The molecule has 0 spiro atoms. The number of carbonyl (C=O) groups is 1. The summed E-state index contributed by atoms with van der Waals surface area (Å²) in [5.41, 5.74) is -0.467. The molecule has 3 heteroatoms. The van der Waals surface area contributed by atoms with Gasteiger partial charge in [0.05, 0.1) is 5.41 Å². The van der Waals surface area contributed by atoms with E-state index in [1.165, 1.54) is 19.3 Å². The molecular formula is C15H27NO2. The number of piperidine rings is 1. The van der Waals surface area contributed by atoms with Crippen LogP contribution in [0.5, 0.6) is 0 Å². The Labute approximate surface area is 111 Å². The highest BCUT2D eigenvalue weighted by atomic mass is 16.4. The third kappa shape index (κ3) is 3.05. The Morgan fingerprint density at radius 1 is 1.50 bits per heavy atom. The number of nitrogens with zero attached hydrogens (tertiary/aromatic N) is 1. The minimum absolute atomic E-state index is 0.467. The highest BCUT2D eigenvalue weighted by molar-refractivity contribution is 5.75. The van der Waals surface area contributed by atoms with Gasteiger partial charge >= 0.3 is 5.97 Å². The lowest BCUT2D eigenvalue weighted by Gasteiger charge is -2.42. The summed E-state index contributed by atoms with van der Waals surface area (Å²) in [6.45, 7) is 6.23. The molecule has 2 fully saturated rings. The summed E-state index contributed by atoms with van der Waals surface area (Å²) in [5, 5.41) is 9.59. The van der Waals surface area contributed by atoms with E-state index in [1.807, 2.05) is 0 Å². The molecule has 1 aliphatic heterocycles. The topological polar surface area (TPSA) is 40.5 Å². The van der Waals surface area contributed by atoms with Crippen LogP contribution in [-0.2, 0) is 4.79 Å². The molecule has 1 aliphatic carbocycles. The summed E-state index contributed by atoms with van der Waals surface area (Å²) >= 11 is 0. The van der Waals surface area contributed by atoms with Crippen LogP contribution < -0.4 is 0 Å². The third-order valence-electron chi connectivity index (χ3n) is 4.78. The van der Waals surface area contributed by atoms with Crippen molar-refractivity contribution in [3.05, 3.63) is 0 Å². The highest BCUT2D eigenvalue weighted by Crippen LogP contribution is 2.39. The van der Waals surface area contributed by atoms with Crippen LogP contribution in [0, 0.1) is 11.3 Å². The molecule has 0 aromatic heterocycles. The molecule has 104 valence electrons. The van der Waals surface area contributed by atoms with Crippen LogP contribution in [0.1, 0.15) is 58.8 Å². The largest absolute Gasteiger partial charge is 0.481 e. The van der Waals surface area contributed by atoms with Crippen molar-refractivity contribution < 1.29 is 9.90 Å². The van der Waals surface area contributed by atoms with Crippen molar-refractivity contribution in [1.29, 1.82) is 0 Å². The first-order valence-corrected chi connectivity index (χ1v) is 7.55. The standard InChI is InChI=1S/C15H27NO2/c1-3-7-15(14(17)18)8-4-9-16(11-15)12(2)10-13-5-6-13/h12-13H,3-11H2,1-2H3,(H,17,18). The van der Waals surface area contributed by atoms with E-state index in [0.29, 0.717) is 6.04 Å². The van der Waals surface area contributed by atoms with E-state index < -0.39 is 11.4 Å². The molecule has 2 unspecified atom stereocenters. The zero-order valence-electron chi connectivity index (χ0n) is 11.8. The van der Waals surface area contributed by atoms with Gasteiger partial charge in [-0.2, -0.15) is 0 Å². The van der Waals surface area contributed by atoms with Crippen molar-refractivity contribution in [3.63, 3.8) is 0 Å². The SMILES string of the molecule is CCCC1(C(=O)O)CCCN(C(C)CC2CC2)C1. The van der Waals surface area contributed by atoms with Gasteiger partial charge in [-0.25, -0.2) is 0 Å². The number of aliphatic carboxylic acids is 1. The zero-order valence-corrected chi connectivity index (χ0v) is 11.8. The molecule has 1 saturated heterocycles. The van der Waals surface area contributed by atoms with Gasteiger partial charge in [-0.05, 0) is 45.1 Å². The van der Waals surface area contributed by atoms with Gasteiger partial charge in [0.2, 0.25) is 0 Å². The summed E-state index contributed by atoms with van der Waals surface area (Å²) in [4.78, 5) is 14.1. The fraction of sp³-hybridized carbons (Fsp3) is 0.933. The predicted molar refractivity (Wildman–Crippen MR) is 72.6 cm³/mol. The molecule has 2 aliphatic rings. The number of hydrogen-bond acceptors (Lipinski definition) is 2.